The van der Waals surface area contributed by atoms with Gasteiger partial charge in [-0.2, -0.15) is 0 Å². The molecule has 0 bridgehead atoms. The van der Waals surface area contributed by atoms with Crippen molar-refractivity contribution in [1.82, 2.24) is 0 Å². The smallest absolute Gasteiger partial charge is 0.0433 e. The van der Waals surface area contributed by atoms with Gasteiger partial charge in [0.15, 0.2) is 0 Å². The Morgan fingerprint density at radius 1 is 1.23 bits per heavy atom. The molecule has 1 heteroatoms. The Kier molecular flexibility index (Phi) is 5.54. The van der Waals surface area contributed by atoms with E-state index in [1.54, 1.807) is 0 Å². The number of allylic oxidation sites excluding steroid dienone is 2. The minimum Gasteiger partial charge on any atom is -0.122 e. The lowest BCUT2D eigenvalue weighted by atomic mass is 9.97. The van der Waals surface area contributed by atoms with Crippen LogP contribution in [0.4, 0.5) is 0 Å². The fourth-order valence-corrected chi connectivity index (χ4v) is 2.35. The predicted molar refractivity (Wildman–Crippen MR) is 60.3 cm³/mol. The van der Waals surface area contributed by atoms with Crippen molar-refractivity contribution >= 4 is 11.6 Å². The van der Waals surface area contributed by atoms with Crippen molar-refractivity contribution in [2.45, 2.75) is 51.9 Å². The number of halogens is 1. The van der Waals surface area contributed by atoms with Gasteiger partial charge in [-0.25, -0.2) is 0 Å². The molecule has 1 rings (SSSR count). The van der Waals surface area contributed by atoms with Crippen LogP contribution in [0.5, 0.6) is 0 Å². The van der Waals surface area contributed by atoms with E-state index in [-0.39, 0.29) is 0 Å². The lowest BCUT2D eigenvalue weighted by Gasteiger charge is -2.10. The summed E-state index contributed by atoms with van der Waals surface area (Å²) in [6.45, 7) is 2.20. The fraction of sp³-hybridized carbons (Fsp3) is 0.833. The summed E-state index contributed by atoms with van der Waals surface area (Å²) in [6, 6.07) is 0. The summed E-state index contributed by atoms with van der Waals surface area (Å²) in [6.07, 6.45) is 12.1. The lowest BCUT2D eigenvalue weighted by molar-refractivity contribution is 0.555. The molecule has 0 atom stereocenters. The molecule has 0 aromatic rings. The Hall–Kier alpha value is 0.0300. The normalized spacial score (nSPS) is 21.5. The summed E-state index contributed by atoms with van der Waals surface area (Å²) in [5, 5.41) is 0. The van der Waals surface area contributed by atoms with Gasteiger partial charge in [-0.1, -0.05) is 44.3 Å². The van der Waals surface area contributed by atoms with E-state index in [4.69, 9.17) is 11.6 Å². The van der Waals surface area contributed by atoms with E-state index < -0.39 is 0 Å². The van der Waals surface area contributed by atoms with Gasteiger partial charge in [-0.15, -0.1) is 11.6 Å². The summed E-state index contributed by atoms with van der Waals surface area (Å²) in [4.78, 5) is 0. The second-order valence-corrected chi connectivity index (χ2v) is 4.33. The van der Waals surface area contributed by atoms with Crippen molar-refractivity contribution in [3.05, 3.63) is 11.6 Å². The minimum atomic E-state index is 0.729. The Balaban J connectivity index is 2.43. The molecule has 0 heterocycles. The first-order valence-electron chi connectivity index (χ1n) is 5.62. The third kappa shape index (κ3) is 4.17. The van der Waals surface area contributed by atoms with Gasteiger partial charge >= 0.3 is 0 Å². The minimum absolute atomic E-state index is 0.729. The van der Waals surface area contributed by atoms with Crippen LogP contribution >= 0.6 is 11.6 Å². The molecule has 0 aromatic heterocycles. The van der Waals surface area contributed by atoms with Crippen molar-refractivity contribution in [3.8, 4) is 0 Å². The zero-order chi connectivity index (χ0) is 9.52. The van der Waals surface area contributed by atoms with Crippen molar-refractivity contribution in [2.24, 2.45) is 5.92 Å². The SMILES string of the molecule is CCC(=CC1CCCCCC1)CCl. The zero-order valence-corrected chi connectivity index (χ0v) is 9.45. The van der Waals surface area contributed by atoms with E-state index >= 15 is 0 Å². The molecule has 0 nitrogen and oxygen atoms in total. The topological polar surface area (TPSA) is 0 Å². The molecule has 0 aliphatic heterocycles. The molecule has 0 saturated heterocycles. The highest BCUT2D eigenvalue weighted by molar-refractivity contribution is 6.19. The van der Waals surface area contributed by atoms with Crippen LogP contribution in [0.3, 0.4) is 0 Å². The molecular formula is C12H21Cl. The van der Waals surface area contributed by atoms with Gasteiger partial charge in [0.05, 0.1) is 0 Å². The van der Waals surface area contributed by atoms with Crippen LogP contribution in [0.2, 0.25) is 0 Å². The Bertz CT molecular complexity index is 147. The van der Waals surface area contributed by atoms with Crippen LogP contribution in [0.1, 0.15) is 51.9 Å². The molecule has 1 aliphatic rings. The van der Waals surface area contributed by atoms with Gasteiger partial charge in [0.1, 0.15) is 0 Å². The van der Waals surface area contributed by atoms with E-state index in [9.17, 15) is 0 Å². The van der Waals surface area contributed by atoms with E-state index in [0.29, 0.717) is 0 Å². The molecule has 0 unspecified atom stereocenters. The molecule has 13 heavy (non-hydrogen) atoms. The number of hydrogen-bond acceptors (Lipinski definition) is 0. The Morgan fingerprint density at radius 3 is 2.31 bits per heavy atom. The molecule has 1 aliphatic carbocycles. The number of rotatable bonds is 3. The van der Waals surface area contributed by atoms with E-state index in [1.807, 2.05) is 0 Å². The summed E-state index contributed by atoms with van der Waals surface area (Å²) in [5.74, 6) is 1.56. The van der Waals surface area contributed by atoms with Crippen LogP contribution in [-0.4, -0.2) is 5.88 Å². The van der Waals surface area contributed by atoms with Crippen LogP contribution in [-0.2, 0) is 0 Å². The second kappa shape index (κ2) is 6.48. The van der Waals surface area contributed by atoms with Crippen molar-refractivity contribution in [1.29, 1.82) is 0 Å². The van der Waals surface area contributed by atoms with Gasteiger partial charge in [-0.3, -0.25) is 0 Å². The van der Waals surface area contributed by atoms with Gasteiger partial charge < -0.3 is 0 Å². The van der Waals surface area contributed by atoms with Gasteiger partial charge in [0, 0.05) is 5.88 Å². The van der Waals surface area contributed by atoms with Crippen LogP contribution in [0.15, 0.2) is 11.6 Å². The highest BCUT2D eigenvalue weighted by atomic mass is 35.5. The molecule has 0 spiro atoms. The molecule has 1 fully saturated rings. The van der Waals surface area contributed by atoms with Crippen LogP contribution < -0.4 is 0 Å². The first kappa shape index (κ1) is 11.1. The average molecular weight is 201 g/mol. The molecule has 0 radical (unpaired) electrons. The first-order chi connectivity index (χ1) is 6.36. The highest BCUT2D eigenvalue weighted by Crippen LogP contribution is 2.25. The van der Waals surface area contributed by atoms with Crippen molar-refractivity contribution in [2.75, 3.05) is 5.88 Å². The maximum atomic E-state index is 5.86. The summed E-state index contributed by atoms with van der Waals surface area (Å²) >= 11 is 5.86. The largest absolute Gasteiger partial charge is 0.122 e. The van der Waals surface area contributed by atoms with E-state index in [1.165, 1.54) is 44.1 Å². The molecule has 0 aromatic carbocycles. The monoisotopic (exact) mass is 200 g/mol. The van der Waals surface area contributed by atoms with Crippen molar-refractivity contribution < 1.29 is 0 Å². The van der Waals surface area contributed by atoms with E-state index in [2.05, 4.69) is 13.0 Å². The molecular weight excluding hydrogens is 180 g/mol. The summed E-state index contributed by atoms with van der Waals surface area (Å²) < 4.78 is 0. The number of alkyl halides is 1. The molecule has 76 valence electrons. The highest BCUT2D eigenvalue weighted by Gasteiger charge is 2.09. The van der Waals surface area contributed by atoms with Gasteiger partial charge in [0.2, 0.25) is 0 Å². The summed E-state index contributed by atoms with van der Waals surface area (Å²) in [7, 11) is 0. The van der Waals surface area contributed by atoms with Crippen LogP contribution in [0, 0.1) is 5.92 Å². The van der Waals surface area contributed by atoms with Gasteiger partial charge in [-0.05, 0) is 25.2 Å². The lowest BCUT2D eigenvalue weighted by Crippen LogP contribution is -1.96. The summed E-state index contributed by atoms with van der Waals surface area (Å²) in [5.41, 5.74) is 1.44. The van der Waals surface area contributed by atoms with Crippen LogP contribution in [0.25, 0.3) is 0 Å². The Labute approximate surface area is 87.4 Å². The fourth-order valence-electron chi connectivity index (χ4n) is 2.07. The third-order valence-corrected chi connectivity index (χ3v) is 3.34. The molecule has 0 amide bonds. The second-order valence-electron chi connectivity index (χ2n) is 4.06. The van der Waals surface area contributed by atoms with E-state index in [0.717, 1.165) is 18.2 Å². The average Bonchev–Trinajstić information content (AvgIpc) is 2.42. The van der Waals surface area contributed by atoms with Gasteiger partial charge in [0.25, 0.3) is 0 Å². The first-order valence-corrected chi connectivity index (χ1v) is 6.15. The maximum absolute atomic E-state index is 5.86. The molecule has 0 N–H and O–H groups in total. The standard InChI is InChI=1S/C12H21Cl/c1-2-11(10-13)9-12-7-5-3-4-6-8-12/h9,12H,2-8,10H2,1H3. The predicted octanol–water partition coefficient (Wildman–Crippen LogP) is 4.53. The number of hydrogen-bond donors (Lipinski definition) is 0. The quantitative estimate of drug-likeness (QED) is 0.357. The molecule has 1 saturated carbocycles. The zero-order valence-electron chi connectivity index (χ0n) is 8.69. The third-order valence-electron chi connectivity index (χ3n) is 3.00. The maximum Gasteiger partial charge on any atom is 0.0433 e. The van der Waals surface area contributed by atoms with Crippen molar-refractivity contribution in [3.63, 3.8) is 0 Å². The Morgan fingerprint density at radius 2 is 1.85 bits per heavy atom.